The van der Waals surface area contributed by atoms with E-state index in [1.807, 2.05) is 19.2 Å². The molecule has 0 saturated carbocycles. The van der Waals surface area contributed by atoms with E-state index in [4.69, 9.17) is 11.6 Å². The highest BCUT2D eigenvalue weighted by Gasteiger charge is 2.36. The molecule has 9 heteroatoms. The van der Waals surface area contributed by atoms with Crippen molar-refractivity contribution < 1.29 is 9.59 Å². The summed E-state index contributed by atoms with van der Waals surface area (Å²) >= 11 is 6.41. The van der Waals surface area contributed by atoms with Gasteiger partial charge in [-0.3, -0.25) is 19.4 Å². The number of aromatic amines is 1. The Morgan fingerprint density at radius 3 is 3.00 bits per heavy atom. The van der Waals surface area contributed by atoms with Gasteiger partial charge in [0.2, 0.25) is 5.91 Å². The summed E-state index contributed by atoms with van der Waals surface area (Å²) in [6, 6.07) is 5.55. The maximum atomic E-state index is 12.2. The second-order valence-corrected chi connectivity index (χ2v) is 6.29. The van der Waals surface area contributed by atoms with Crippen LogP contribution in [0.1, 0.15) is 34.1 Å². The molecule has 0 aliphatic carbocycles. The maximum Gasteiger partial charge on any atom is 0.269 e. The molecular weight excluding hydrogens is 344 g/mol. The highest BCUT2D eigenvalue weighted by atomic mass is 35.5. The Kier molecular flexibility index (Phi) is 3.50. The molecule has 3 heterocycles. The molecule has 25 heavy (non-hydrogen) atoms. The number of amides is 2. The highest BCUT2D eigenvalue weighted by Crippen LogP contribution is 2.41. The Balaban J connectivity index is 1.98. The molecule has 1 aromatic carbocycles. The number of aromatic nitrogens is 4. The number of rotatable bonds is 2. The van der Waals surface area contributed by atoms with Crippen LogP contribution >= 0.6 is 11.6 Å². The van der Waals surface area contributed by atoms with Crippen molar-refractivity contribution in [1.29, 1.82) is 0 Å². The summed E-state index contributed by atoms with van der Waals surface area (Å²) in [7, 11) is 3.36. The van der Waals surface area contributed by atoms with Crippen LogP contribution in [0.3, 0.4) is 0 Å². The second-order valence-electron chi connectivity index (χ2n) is 5.89. The van der Waals surface area contributed by atoms with Gasteiger partial charge in [0, 0.05) is 37.4 Å². The fraction of sp³-hybridized carbons (Fsp3) is 0.250. The van der Waals surface area contributed by atoms with Crippen molar-refractivity contribution in [2.75, 3.05) is 12.4 Å². The van der Waals surface area contributed by atoms with Gasteiger partial charge in [-0.15, -0.1) is 0 Å². The minimum Gasteiger partial charge on any atom is -0.354 e. The Morgan fingerprint density at radius 2 is 2.24 bits per heavy atom. The minimum absolute atomic E-state index is 0.161. The van der Waals surface area contributed by atoms with E-state index in [1.54, 1.807) is 17.8 Å². The summed E-state index contributed by atoms with van der Waals surface area (Å²) in [6.45, 7) is 0. The number of fused-ring (bicyclic) bond motifs is 2. The number of H-pyrrole nitrogens is 1. The molecule has 1 atom stereocenters. The first-order chi connectivity index (χ1) is 12.0. The van der Waals surface area contributed by atoms with E-state index in [0.717, 1.165) is 10.9 Å². The maximum absolute atomic E-state index is 12.2. The average Bonchev–Trinajstić information content (AvgIpc) is 3.16. The molecular formula is C16H15ClN6O2. The third-order valence-electron chi connectivity index (χ3n) is 4.44. The fourth-order valence-electron chi connectivity index (χ4n) is 3.33. The molecule has 4 rings (SSSR count). The minimum atomic E-state index is -0.418. The molecule has 0 bridgehead atoms. The van der Waals surface area contributed by atoms with E-state index >= 15 is 0 Å². The lowest BCUT2D eigenvalue weighted by Gasteiger charge is -2.21. The SMILES string of the molecule is CNC(=O)c1[nH]nc2c1[C@@H](c1nn(C)c3cccc(Cl)c13)CC(=O)N2. The molecule has 1 aliphatic heterocycles. The van der Waals surface area contributed by atoms with Gasteiger partial charge < -0.3 is 10.6 Å². The van der Waals surface area contributed by atoms with Crippen LogP contribution in [0.15, 0.2) is 18.2 Å². The van der Waals surface area contributed by atoms with Gasteiger partial charge in [-0.2, -0.15) is 10.2 Å². The first-order valence-electron chi connectivity index (χ1n) is 7.72. The van der Waals surface area contributed by atoms with E-state index in [-0.39, 0.29) is 18.2 Å². The largest absolute Gasteiger partial charge is 0.354 e. The zero-order valence-corrected chi connectivity index (χ0v) is 14.3. The average molecular weight is 359 g/mol. The summed E-state index contributed by atoms with van der Waals surface area (Å²) in [4.78, 5) is 24.3. The van der Waals surface area contributed by atoms with Crippen LogP contribution in [0.25, 0.3) is 10.9 Å². The quantitative estimate of drug-likeness (QED) is 0.649. The molecule has 3 N–H and O–H groups in total. The van der Waals surface area contributed by atoms with E-state index in [1.165, 1.54) is 0 Å². The summed E-state index contributed by atoms with van der Waals surface area (Å²) in [5.74, 6) is -0.552. The number of nitrogens with one attached hydrogen (secondary N) is 3. The van der Waals surface area contributed by atoms with Gasteiger partial charge in [-0.1, -0.05) is 17.7 Å². The Bertz CT molecular complexity index is 1020. The molecule has 2 aromatic heterocycles. The van der Waals surface area contributed by atoms with Crippen LogP contribution in [0.5, 0.6) is 0 Å². The Hall–Kier alpha value is -2.87. The standard InChI is InChI=1S/C16H15ClN6O2/c1-18-16(25)14-11-7(6-10(24)19-15(11)21-20-14)13-12-8(17)4-3-5-9(12)23(2)22-13/h3-5,7H,6H2,1-2H3,(H,18,25)(H2,19,20,21,24)/t7-/m0/s1. The third-order valence-corrected chi connectivity index (χ3v) is 4.75. The normalized spacial score (nSPS) is 16.6. The van der Waals surface area contributed by atoms with Gasteiger partial charge >= 0.3 is 0 Å². The smallest absolute Gasteiger partial charge is 0.269 e. The van der Waals surface area contributed by atoms with Gasteiger partial charge in [0.1, 0.15) is 5.69 Å². The van der Waals surface area contributed by atoms with Crippen molar-refractivity contribution in [2.24, 2.45) is 7.05 Å². The predicted octanol–water partition coefficient (Wildman–Crippen LogP) is 1.78. The number of hydrogen-bond acceptors (Lipinski definition) is 4. The zero-order chi connectivity index (χ0) is 17.7. The first-order valence-corrected chi connectivity index (χ1v) is 8.10. The van der Waals surface area contributed by atoms with E-state index < -0.39 is 5.92 Å². The number of hydrogen-bond donors (Lipinski definition) is 3. The second kappa shape index (κ2) is 5.59. The molecule has 0 unspecified atom stereocenters. The van der Waals surface area contributed by atoms with Gasteiger partial charge in [-0.05, 0) is 12.1 Å². The van der Waals surface area contributed by atoms with Crippen molar-refractivity contribution in [3.8, 4) is 0 Å². The first kappa shape index (κ1) is 15.6. The van der Waals surface area contributed by atoms with E-state index in [9.17, 15) is 9.59 Å². The van der Waals surface area contributed by atoms with Crippen LogP contribution < -0.4 is 10.6 Å². The number of nitrogens with zero attached hydrogens (tertiary/aromatic N) is 3. The van der Waals surface area contributed by atoms with Gasteiger partial charge in [-0.25, -0.2) is 0 Å². The third kappa shape index (κ3) is 2.29. The topological polar surface area (TPSA) is 105 Å². The molecule has 8 nitrogen and oxygen atoms in total. The van der Waals surface area contributed by atoms with Crippen molar-refractivity contribution in [3.63, 3.8) is 0 Å². The molecule has 0 fully saturated rings. The van der Waals surface area contributed by atoms with Crippen molar-refractivity contribution in [3.05, 3.63) is 40.2 Å². The number of anilines is 1. The summed E-state index contributed by atoms with van der Waals surface area (Å²) in [6.07, 6.45) is 0.161. The van der Waals surface area contributed by atoms with Crippen LogP contribution in [0, 0.1) is 0 Å². The predicted molar refractivity (Wildman–Crippen MR) is 92.8 cm³/mol. The summed E-state index contributed by atoms with van der Waals surface area (Å²) in [5.41, 5.74) is 2.46. The van der Waals surface area contributed by atoms with E-state index in [2.05, 4.69) is 25.9 Å². The molecule has 1 aliphatic rings. The Morgan fingerprint density at radius 1 is 1.44 bits per heavy atom. The lowest BCUT2D eigenvalue weighted by molar-refractivity contribution is -0.116. The van der Waals surface area contributed by atoms with Crippen LogP contribution in [-0.2, 0) is 11.8 Å². The Labute approximate surface area is 147 Å². The van der Waals surface area contributed by atoms with Crippen LogP contribution in [0.4, 0.5) is 5.82 Å². The van der Waals surface area contributed by atoms with Crippen molar-refractivity contribution >= 4 is 40.1 Å². The molecule has 0 radical (unpaired) electrons. The zero-order valence-electron chi connectivity index (χ0n) is 13.6. The van der Waals surface area contributed by atoms with Gasteiger partial charge in [0.05, 0.1) is 16.2 Å². The van der Waals surface area contributed by atoms with Gasteiger partial charge in [0.25, 0.3) is 5.91 Å². The molecule has 3 aromatic rings. The number of benzene rings is 1. The molecule has 0 spiro atoms. The number of carbonyl (C=O) groups is 2. The van der Waals surface area contributed by atoms with E-state index in [0.29, 0.717) is 27.8 Å². The van der Waals surface area contributed by atoms with Crippen LogP contribution in [-0.4, -0.2) is 38.8 Å². The lowest BCUT2D eigenvalue weighted by Crippen LogP contribution is -2.27. The van der Waals surface area contributed by atoms with Crippen molar-refractivity contribution in [1.82, 2.24) is 25.3 Å². The summed E-state index contributed by atoms with van der Waals surface area (Å²) in [5, 5.41) is 18.0. The fourth-order valence-corrected chi connectivity index (χ4v) is 3.60. The molecule has 128 valence electrons. The summed E-state index contributed by atoms with van der Waals surface area (Å²) < 4.78 is 1.72. The molecule has 0 saturated heterocycles. The lowest BCUT2D eigenvalue weighted by atomic mass is 9.87. The molecule has 2 amide bonds. The van der Waals surface area contributed by atoms with Crippen molar-refractivity contribution in [2.45, 2.75) is 12.3 Å². The number of halogens is 1. The monoisotopic (exact) mass is 358 g/mol. The number of carbonyl (C=O) groups excluding carboxylic acids is 2. The van der Waals surface area contributed by atoms with Crippen LogP contribution in [0.2, 0.25) is 5.02 Å². The van der Waals surface area contributed by atoms with Gasteiger partial charge in [0.15, 0.2) is 5.82 Å². The number of aryl methyl sites for hydroxylation is 1. The highest BCUT2D eigenvalue weighted by molar-refractivity contribution is 6.35.